The third-order valence-electron chi connectivity index (χ3n) is 4.17. The first-order valence-electron chi connectivity index (χ1n) is 9.08. The van der Waals surface area contributed by atoms with Crippen molar-refractivity contribution in [3.8, 4) is 0 Å². The number of rotatable bonds is 6. The summed E-state index contributed by atoms with van der Waals surface area (Å²) in [5.74, 6) is -1.66. The molecule has 0 unspecified atom stereocenters. The molecule has 0 saturated carbocycles. The van der Waals surface area contributed by atoms with Crippen molar-refractivity contribution in [2.75, 3.05) is 10.6 Å². The lowest BCUT2D eigenvalue weighted by atomic mass is 10.2. The molecule has 0 atom stereocenters. The minimum atomic E-state index is -0.722. The van der Waals surface area contributed by atoms with Crippen LogP contribution in [0.2, 0.25) is 5.02 Å². The Balaban J connectivity index is 1.43. The molecule has 32 heavy (non-hydrogen) atoms. The Hall–Kier alpha value is -4.02. The van der Waals surface area contributed by atoms with E-state index in [9.17, 15) is 19.7 Å². The first-order chi connectivity index (χ1) is 15.4. The first kappa shape index (κ1) is 21.2. The monoisotopic (exact) mass is 468 g/mol. The standard InChI is InChI=1S/C21H13ClN4O5S/c22-13-4-1-12(2-5-13)3-9-18(27)25-21-24-15-7-6-14(11-17(15)32-21)23-20(28)16-8-10-19(31-16)26(29)30/h1-11H,(H,23,28)(H,24,25,27). The number of hydrogen-bond donors (Lipinski definition) is 2. The molecule has 0 radical (unpaired) electrons. The molecule has 0 aliphatic heterocycles. The number of aromatic nitrogens is 1. The summed E-state index contributed by atoms with van der Waals surface area (Å²) in [6.45, 7) is 0. The van der Waals surface area contributed by atoms with Gasteiger partial charge >= 0.3 is 5.88 Å². The Kier molecular flexibility index (Phi) is 5.97. The number of nitro groups is 1. The normalized spacial score (nSPS) is 11.0. The molecule has 0 bridgehead atoms. The molecule has 4 rings (SSSR count). The lowest BCUT2D eigenvalue weighted by Gasteiger charge is -2.02. The summed E-state index contributed by atoms with van der Waals surface area (Å²) in [4.78, 5) is 38.7. The van der Waals surface area contributed by atoms with E-state index in [-0.39, 0.29) is 11.7 Å². The van der Waals surface area contributed by atoms with Crippen LogP contribution >= 0.6 is 22.9 Å². The van der Waals surface area contributed by atoms with E-state index in [2.05, 4.69) is 15.6 Å². The number of fused-ring (bicyclic) bond motifs is 1. The molecule has 160 valence electrons. The highest BCUT2D eigenvalue weighted by Gasteiger charge is 2.17. The van der Waals surface area contributed by atoms with E-state index < -0.39 is 16.7 Å². The van der Waals surface area contributed by atoms with E-state index in [1.165, 1.54) is 23.5 Å². The van der Waals surface area contributed by atoms with Gasteiger partial charge in [0, 0.05) is 16.8 Å². The molecule has 4 aromatic rings. The summed E-state index contributed by atoms with van der Waals surface area (Å²) < 4.78 is 5.62. The number of carbonyl (C=O) groups is 2. The number of anilines is 2. The zero-order valence-electron chi connectivity index (χ0n) is 16.1. The number of furan rings is 1. The Morgan fingerprint density at radius 2 is 1.88 bits per heavy atom. The van der Waals surface area contributed by atoms with Crippen molar-refractivity contribution in [3.05, 3.63) is 87.1 Å². The quantitative estimate of drug-likeness (QED) is 0.223. The molecule has 0 aliphatic rings. The lowest BCUT2D eigenvalue weighted by molar-refractivity contribution is -0.402. The molecule has 0 saturated heterocycles. The minimum Gasteiger partial charge on any atom is -0.395 e. The summed E-state index contributed by atoms with van der Waals surface area (Å²) in [6.07, 6.45) is 3.05. The molecule has 2 amide bonds. The van der Waals surface area contributed by atoms with E-state index in [4.69, 9.17) is 16.0 Å². The van der Waals surface area contributed by atoms with Crippen LogP contribution in [0.5, 0.6) is 0 Å². The maximum Gasteiger partial charge on any atom is 0.433 e. The van der Waals surface area contributed by atoms with Crippen LogP contribution in [0, 0.1) is 10.1 Å². The summed E-state index contributed by atoms with van der Waals surface area (Å²) in [5.41, 5.74) is 1.92. The molecule has 0 aliphatic carbocycles. The fourth-order valence-corrected chi connectivity index (χ4v) is 3.72. The van der Waals surface area contributed by atoms with Gasteiger partial charge in [0.1, 0.15) is 4.92 Å². The van der Waals surface area contributed by atoms with Gasteiger partial charge in [-0.3, -0.25) is 25.0 Å². The smallest absolute Gasteiger partial charge is 0.395 e. The maximum atomic E-state index is 12.2. The molecular formula is C21H13ClN4O5S. The van der Waals surface area contributed by atoms with Gasteiger partial charge in [0.2, 0.25) is 5.91 Å². The van der Waals surface area contributed by atoms with Gasteiger partial charge in [-0.2, -0.15) is 0 Å². The first-order valence-corrected chi connectivity index (χ1v) is 10.3. The fraction of sp³-hybridized carbons (Fsp3) is 0. The average molecular weight is 469 g/mol. The number of halogens is 1. The lowest BCUT2D eigenvalue weighted by Crippen LogP contribution is -2.10. The van der Waals surface area contributed by atoms with Crippen LogP contribution in [0.15, 0.2) is 65.1 Å². The van der Waals surface area contributed by atoms with Crippen molar-refractivity contribution in [2.45, 2.75) is 0 Å². The van der Waals surface area contributed by atoms with E-state index in [1.807, 2.05) is 0 Å². The third-order valence-corrected chi connectivity index (χ3v) is 5.35. The van der Waals surface area contributed by atoms with Crippen molar-refractivity contribution in [1.29, 1.82) is 0 Å². The molecule has 11 heteroatoms. The summed E-state index contributed by atoms with van der Waals surface area (Å²) >= 11 is 7.08. The Morgan fingerprint density at radius 1 is 1.09 bits per heavy atom. The zero-order chi connectivity index (χ0) is 22.7. The zero-order valence-corrected chi connectivity index (χ0v) is 17.6. The SMILES string of the molecule is O=C(C=Cc1ccc(Cl)cc1)Nc1nc2ccc(NC(=O)c3ccc([N+](=O)[O-])o3)cc2s1. The van der Waals surface area contributed by atoms with E-state index in [0.717, 1.165) is 16.3 Å². The Labute approximate surface area is 189 Å². The highest BCUT2D eigenvalue weighted by Crippen LogP contribution is 2.29. The molecule has 2 heterocycles. The van der Waals surface area contributed by atoms with Crippen molar-refractivity contribution >= 4 is 67.7 Å². The van der Waals surface area contributed by atoms with E-state index in [0.29, 0.717) is 21.4 Å². The molecule has 2 N–H and O–H groups in total. The summed E-state index contributed by atoms with van der Waals surface area (Å²) in [6, 6.07) is 14.4. The van der Waals surface area contributed by atoms with Crippen molar-refractivity contribution < 1.29 is 18.9 Å². The van der Waals surface area contributed by atoms with Gasteiger partial charge in [0.15, 0.2) is 10.9 Å². The topological polar surface area (TPSA) is 127 Å². The number of hydrogen-bond acceptors (Lipinski definition) is 7. The number of nitrogens with zero attached hydrogens (tertiary/aromatic N) is 2. The van der Waals surface area contributed by atoms with Gasteiger partial charge in [-0.15, -0.1) is 0 Å². The summed E-state index contributed by atoms with van der Waals surface area (Å²) in [5, 5.41) is 17.0. The van der Waals surface area contributed by atoms with Crippen LogP contribution in [0.25, 0.3) is 16.3 Å². The van der Waals surface area contributed by atoms with Crippen LogP contribution in [0.1, 0.15) is 16.1 Å². The highest BCUT2D eigenvalue weighted by atomic mass is 35.5. The van der Waals surface area contributed by atoms with Gasteiger partial charge < -0.3 is 9.73 Å². The fourth-order valence-electron chi connectivity index (χ4n) is 2.69. The second kappa shape index (κ2) is 9.00. The molecule has 0 spiro atoms. The van der Waals surface area contributed by atoms with Crippen LogP contribution in [-0.4, -0.2) is 21.7 Å². The van der Waals surface area contributed by atoms with Gasteiger partial charge in [-0.1, -0.05) is 35.1 Å². The number of thiazole rings is 1. The van der Waals surface area contributed by atoms with Gasteiger partial charge in [0.05, 0.1) is 16.3 Å². The minimum absolute atomic E-state index is 0.179. The second-order valence-electron chi connectivity index (χ2n) is 6.42. The number of carbonyl (C=O) groups excluding carboxylic acids is 2. The van der Waals surface area contributed by atoms with E-state index >= 15 is 0 Å². The highest BCUT2D eigenvalue weighted by molar-refractivity contribution is 7.22. The van der Waals surface area contributed by atoms with E-state index in [1.54, 1.807) is 48.5 Å². The predicted molar refractivity (Wildman–Crippen MR) is 122 cm³/mol. The molecule has 2 aromatic carbocycles. The van der Waals surface area contributed by atoms with Crippen molar-refractivity contribution in [3.63, 3.8) is 0 Å². The second-order valence-corrected chi connectivity index (χ2v) is 7.89. The van der Waals surface area contributed by atoms with Crippen LogP contribution in [0.3, 0.4) is 0 Å². The van der Waals surface area contributed by atoms with Gasteiger partial charge in [-0.05, 0) is 48.0 Å². The Morgan fingerprint density at radius 3 is 2.59 bits per heavy atom. The van der Waals surface area contributed by atoms with Gasteiger partial charge in [-0.25, -0.2) is 4.98 Å². The molecule has 2 aromatic heterocycles. The van der Waals surface area contributed by atoms with Gasteiger partial charge in [0.25, 0.3) is 5.91 Å². The predicted octanol–water partition coefficient (Wildman–Crippen LogP) is 5.36. The molecule has 0 fully saturated rings. The number of nitrogens with one attached hydrogen (secondary N) is 2. The number of benzene rings is 2. The maximum absolute atomic E-state index is 12.2. The van der Waals surface area contributed by atoms with Crippen LogP contribution < -0.4 is 10.6 Å². The molecule has 9 nitrogen and oxygen atoms in total. The average Bonchev–Trinajstić information content (AvgIpc) is 3.40. The van der Waals surface area contributed by atoms with Crippen LogP contribution in [-0.2, 0) is 4.79 Å². The largest absolute Gasteiger partial charge is 0.433 e. The van der Waals surface area contributed by atoms with Crippen LogP contribution in [0.4, 0.5) is 16.7 Å². The van der Waals surface area contributed by atoms with Crippen molar-refractivity contribution in [1.82, 2.24) is 4.98 Å². The van der Waals surface area contributed by atoms with Crippen molar-refractivity contribution in [2.24, 2.45) is 0 Å². The summed E-state index contributed by atoms with van der Waals surface area (Å²) in [7, 11) is 0. The third kappa shape index (κ3) is 4.99. The Bertz CT molecular complexity index is 1360. The molecular weight excluding hydrogens is 456 g/mol. The number of amides is 2.